The van der Waals surface area contributed by atoms with Crippen LogP contribution in [0.25, 0.3) is 0 Å². The largest absolute Gasteiger partial charge is 0.484 e. The predicted molar refractivity (Wildman–Crippen MR) is 93.5 cm³/mol. The zero-order chi connectivity index (χ0) is 17.6. The maximum absolute atomic E-state index is 12.5. The van der Waals surface area contributed by atoms with Crippen LogP contribution in [0.15, 0.2) is 24.3 Å². The van der Waals surface area contributed by atoms with Crippen molar-refractivity contribution in [1.29, 1.82) is 0 Å². The molecule has 1 atom stereocenters. The highest BCUT2D eigenvalue weighted by atomic mass is 32.2. The number of sulfonamides is 1. The first-order valence-electron chi connectivity index (χ1n) is 8.35. The summed E-state index contributed by atoms with van der Waals surface area (Å²) in [6.45, 7) is 2.96. The maximum atomic E-state index is 12.5. The Morgan fingerprint density at radius 1 is 1.29 bits per heavy atom. The molecule has 0 aromatic heterocycles. The van der Waals surface area contributed by atoms with Gasteiger partial charge in [-0.05, 0) is 43.4 Å². The minimum Gasteiger partial charge on any atom is -0.484 e. The average molecular weight is 354 g/mol. The van der Waals surface area contributed by atoms with Gasteiger partial charge < -0.3 is 9.64 Å². The summed E-state index contributed by atoms with van der Waals surface area (Å²) in [5.74, 6) is 0.568. The number of likely N-dealkylation sites (tertiary alicyclic amines) is 1. The molecule has 1 heterocycles. The van der Waals surface area contributed by atoms with E-state index >= 15 is 0 Å². The molecule has 1 unspecified atom stereocenters. The van der Waals surface area contributed by atoms with E-state index in [0.29, 0.717) is 12.3 Å². The van der Waals surface area contributed by atoms with Crippen LogP contribution in [0.4, 0.5) is 0 Å². The normalized spacial score (nSPS) is 18.4. The molecule has 0 spiro atoms. The molecule has 6 nitrogen and oxygen atoms in total. The monoisotopic (exact) mass is 354 g/mol. The van der Waals surface area contributed by atoms with Crippen LogP contribution in [0.1, 0.15) is 31.7 Å². The van der Waals surface area contributed by atoms with Gasteiger partial charge in [-0.3, -0.25) is 4.79 Å². The predicted octanol–water partition coefficient (Wildman–Crippen LogP) is 1.56. The van der Waals surface area contributed by atoms with Gasteiger partial charge in [0.25, 0.3) is 5.91 Å². The van der Waals surface area contributed by atoms with Crippen LogP contribution in [-0.4, -0.2) is 51.2 Å². The van der Waals surface area contributed by atoms with Crippen LogP contribution in [0.5, 0.6) is 5.75 Å². The quantitative estimate of drug-likeness (QED) is 0.806. The van der Waals surface area contributed by atoms with Crippen molar-refractivity contribution < 1.29 is 17.9 Å². The van der Waals surface area contributed by atoms with Crippen LogP contribution < -0.4 is 9.46 Å². The van der Waals surface area contributed by atoms with Gasteiger partial charge in [-0.25, -0.2) is 13.1 Å². The van der Waals surface area contributed by atoms with Crippen molar-refractivity contribution in [3.63, 3.8) is 0 Å². The number of carbonyl (C=O) groups excluding carboxylic acids is 1. The topological polar surface area (TPSA) is 75.7 Å². The zero-order valence-electron chi connectivity index (χ0n) is 14.3. The number of aryl methyl sites for hydroxylation is 1. The molecule has 1 aromatic carbocycles. The molecule has 1 aromatic rings. The summed E-state index contributed by atoms with van der Waals surface area (Å²) < 4.78 is 30.6. The highest BCUT2D eigenvalue weighted by Gasteiger charge is 2.27. The Bertz CT molecular complexity index is 643. The molecule has 24 heavy (non-hydrogen) atoms. The third-order valence-electron chi connectivity index (χ3n) is 4.22. The summed E-state index contributed by atoms with van der Waals surface area (Å²) in [6.07, 6.45) is 4.83. The van der Waals surface area contributed by atoms with Crippen LogP contribution in [0.3, 0.4) is 0 Å². The molecule has 1 amide bonds. The van der Waals surface area contributed by atoms with E-state index in [4.69, 9.17) is 4.74 Å². The number of hydrogen-bond acceptors (Lipinski definition) is 4. The van der Waals surface area contributed by atoms with E-state index in [0.717, 1.165) is 31.9 Å². The van der Waals surface area contributed by atoms with Crippen molar-refractivity contribution in [3.8, 4) is 5.75 Å². The fourth-order valence-electron chi connectivity index (χ4n) is 2.84. The van der Waals surface area contributed by atoms with Crippen molar-refractivity contribution in [1.82, 2.24) is 9.62 Å². The fourth-order valence-corrected chi connectivity index (χ4v) is 3.33. The number of rotatable bonds is 7. The first-order valence-corrected chi connectivity index (χ1v) is 10.2. The molecule has 0 aliphatic carbocycles. The lowest BCUT2D eigenvalue weighted by molar-refractivity contribution is -0.136. The minimum absolute atomic E-state index is 0.0269. The lowest BCUT2D eigenvalue weighted by Crippen LogP contribution is -2.50. The van der Waals surface area contributed by atoms with Crippen LogP contribution in [0, 0.1) is 0 Å². The van der Waals surface area contributed by atoms with E-state index in [1.807, 2.05) is 24.3 Å². The number of hydrogen-bond donors (Lipinski definition) is 1. The third kappa shape index (κ3) is 5.79. The Labute approximate surface area is 144 Å². The van der Waals surface area contributed by atoms with Gasteiger partial charge in [0.1, 0.15) is 5.75 Å². The van der Waals surface area contributed by atoms with Gasteiger partial charge in [-0.2, -0.15) is 0 Å². The molecule has 2 rings (SSSR count). The second kappa shape index (κ2) is 8.48. The van der Waals surface area contributed by atoms with E-state index in [1.165, 1.54) is 5.56 Å². The number of ether oxygens (including phenoxy) is 1. The van der Waals surface area contributed by atoms with E-state index in [-0.39, 0.29) is 25.1 Å². The summed E-state index contributed by atoms with van der Waals surface area (Å²) in [5, 5.41) is 0. The Hall–Kier alpha value is -1.60. The van der Waals surface area contributed by atoms with Crippen molar-refractivity contribution >= 4 is 15.9 Å². The van der Waals surface area contributed by atoms with Crippen molar-refractivity contribution in [2.75, 3.05) is 26.0 Å². The SMILES string of the molecule is CCc1ccc(OCC(=O)N2CCCCC2CNS(C)(=O)=O)cc1. The minimum atomic E-state index is -3.25. The maximum Gasteiger partial charge on any atom is 0.260 e. The Morgan fingerprint density at radius 2 is 2.00 bits per heavy atom. The first kappa shape index (κ1) is 18.7. The van der Waals surface area contributed by atoms with Gasteiger partial charge in [-0.15, -0.1) is 0 Å². The molecule has 1 saturated heterocycles. The van der Waals surface area contributed by atoms with Crippen LogP contribution >= 0.6 is 0 Å². The lowest BCUT2D eigenvalue weighted by Gasteiger charge is -2.35. The summed E-state index contributed by atoms with van der Waals surface area (Å²) >= 11 is 0. The number of piperidine rings is 1. The van der Waals surface area contributed by atoms with Crippen molar-refractivity contribution in [2.45, 2.75) is 38.6 Å². The summed E-state index contributed by atoms with van der Waals surface area (Å²) in [4.78, 5) is 14.2. The first-order chi connectivity index (χ1) is 11.4. The van der Waals surface area contributed by atoms with Gasteiger partial charge in [0.05, 0.1) is 6.26 Å². The lowest BCUT2D eigenvalue weighted by atomic mass is 10.0. The summed E-state index contributed by atoms with van der Waals surface area (Å²) in [7, 11) is -3.25. The summed E-state index contributed by atoms with van der Waals surface area (Å²) in [6, 6.07) is 7.60. The molecule has 0 radical (unpaired) electrons. The Kier molecular flexibility index (Phi) is 6.62. The molecule has 1 aliphatic heterocycles. The molecule has 1 N–H and O–H groups in total. The molecule has 1 fully saturated rings. The van der Waals surface area contributed by atoms with Gasteiger partial charge in [0.2, 0.25) is 10.0 Å². The number of amides is 1. The van der Waals surface area contributed by atoms with E-state index in [9.17, 15) is 13.2 Å². The van der Waals surface area contributed by atoms with Crippen molar-refractivity contribution in [2.24, 2.45) is 0 Å². The highest BCUT2D eigenvalue weighted by molar-refractivity contribution is 7.88. The van der Waals surface area contributed by atoms with Crippen LogP contribution in [0.2, 0.25) is 0 Å². The molecule has 1 aliphatic rings. The number of carbonyl (C=O) groups is 1. The van der Waals surface area contributed by atoms with Gasteiger partial charge in [0, 0.05) is 19.1 Å². The Morgan fingerprint density at radius 3 is 2.62 bits per heavy atom. The molecular weight excluding hydrogens is 328 g/mol. The Balaban J connectivity index is 1.90. The second-order valence-corrected chi connectivity index (χ2v) is 7.98. The number of nitrogens with one attached hydrogen (secondary N) is 1. The van der Waals surface area contributed by atoms with Gasteiger partial charge in [0.15, 0.2) is 6.61 Å². The van der Waals surface area contributed by atoms with Gasteiger partial charge >= 0.3 is 0 Å². The highest BCUT2D eigenvalue weighted by Crippen LogP contribution is 2.18. The number of nitrogens with zero attached hydrogens (tertiary/aromatic N) is 1. The standard InChI is InChI=1S/C17H26N2O4S/c1-3-14-7-9-16(10-8-14)23-13-17(20)19-11-5-4-6-15(19)12-18-24(2,21)22/h7-10,15,18H,3-6,11-13H2,1-2H3. The average Bonchev–Trinajstić information content (AvgIpc) is 2.58. The van der Waals surface area contributed by atoms with Crippen LogP contribution in [-0.2, 0) is 21.2 Å². The zero-order valence-corrected chi connectivity index (χ0v) is 15.1. The summed E-state index contributed by atoms with van der Waals surface area (Å²) in [5.41, 5.74) is 1.22. The number of benzene rings is 1. The smallest absolute Gasteiger partial charge is 0.260 e. The van der Waals surface area contributed by atoms with E-state index in [1.54, 1.807) is 4.90 Å². The molecule has 0 saturated carbocycles. The third-order valence-corrected chi connectivity index (χ3v) is 4.91. The molecule has 134 valence electrons. The van der Waals surface area contributed by atoms with E-state index < -0.39 is 10.0 Å². The molecule has 7 heteroatoms. The molecular formula is C17H26N2O4S. The van der Waals surface area contributed by atoms with Crippen molar-refractivity contribution in [3.05, 3.63) is 29.8 Å². The van der Waals surface area contributed by atoms with E-state index in [2.05, 4.69) is 11.6 Å². The fraction of sp³-hybridized carbons (Fsp3) is 0.588. The molecule has 0 bridgehead atoms. The van der Waals surface area contributed by atoms with Gasteiger partial charge in [-0.1, -0.05) is 19.1 Å². The second-order valence-electron chi connectivity index (χ2n) is 6.14.